The molecule has 1 aliphatic carbocycles. The van der Waals surface area contributed by atoms with Crippen LogP contribution in [0, 0.1) is 11.3 Å². The van der Waals surface area contributed by atoms with Crippen molar-refractivity contribution in [3.63, 3.8) is 0 Å². The molecule has 4 heteroatoms. The van der Waals surface area contributed by atoms with Gasteiger partial charge in [-0.25, -0.2) is 0 Å². The van der Waals surface area contributed by atoms with Gasteiger partial charge in [0, 0.05) is 25.2 Å². The van der Waals surface area contributed by atoms with Crippen LogP contribution in [-0.4, -0.2) is 43.0 Å². The van der Waals surface area contributed by atoms with Crippen molar-refractivity contribution >= 4 is 5.91 Å². The van der Waals surface area contributed by atoms with E-state index in [2.05, 4.69) is 17.3 Å². The van der Waals surface area contributed by atoms with Crippen LogP contribution in [0.1, 0.15) is 57.8 Å². The van der Waals surface area contributed by atoms with Crippen molar-refractivity contribution in [1.29, 1.82) is 0 Å². The molecule has 2 atom stereocenters. The van der Waals surface area contributed by atoms with Gasteiger partial charge in [0.05, 0.1) is 5.41 Å². The Kier molecular flexibility index (Phi) is 4.55. The van der Waals surface area contributed by atoms with Crippen LogP contribution in [0.5, 0.6) is 0 Å². The number of amides is 1. The SMILES string of the molecule is CN1C2CCC1CC(CNC(=O)C1(CN)CCCCC1)C2. The van der Waals surface area contributed by atoms with E-state index in [1.54, 1.807) is 0 Å². The van der Waals surface area contributed by atoms with Crippen molar-refractivity contribution in [2.24, 2.45) is 17.1 Å². The average molecular weight is 293 g/mol. The summed E-state index contributed by atoms with van der Waals surface area (Å²) >= 11 is 0. The first-order valence-corrected chi connectivity index (χ1v) is 8.85. The first-order valence-electron chi connectivity index (χ1n) is 8.85. The van der Waals surface area contributed by atoms with Gasteiger partial charge < -0.3 is 16.0 Å². The second-order valence-corrected chi connectivity index (χ2v) is 7.64. The maximum absolute atomic E-state index is 12.6. The van der Waals surface area contributed by atoms with Crippen molar-refractivity contribution in [1.82, 2.24) is 10.2 Å². The molecule has 1 saturated carbocycles. The van der Waals surface area contributed by atoms with Crippen molar-refractivity contribution < 1.29 is 4.79 Å². The van der Waals surface area contributed by atoms with Crippen LogP contribution in [0.4, 0.5) is 0 Å². The van der Waals surface area contributed by atoms with Gasteiger partial charge in [-0.2, -0.15) is 0 Å². The highest BCUT2D eigenvalue weighted by molar-refractivity contribution is 5.83. The molecule has 0 aromatic heterocycles. The van der Waals surface area contributed by atoms with Gasteiger partial charge >= 0.3 is 0 Å². The Morgan fingerprint density at radius 2 is 1.81 bits per heavy atom. The number of carbonyl (C=O) groups excluding carboxylic acids is 1. The van der Waals surface area contributed by atoms with Gasteiger partial charge in [0.15, 0.2) is 0 Å². The van der Waals surface area contributed by atoms with Crippen molar-refractivity contribution in [3.05, 3.63) is 0 Å². The van der Waals surface area contributed by atoms with E-state index in [1.165, 1.54) is 32.1 Å². The number of piperidine rings is 1. The number of fused-ring (bicyclic) bond motifs is 2. The van der Waals surface area contributed by atoms with Gasteiger partial charge in [-0.05, 0) is 51.5 Å². The maximum Gasteiger partial charge on any atom is 0.227 e. The lowest BCUT2D eigenvalue weighted by Gasteiger charge is -2.38. The lowest BCUT2D eigenvalue weighted by atomic mass is 9.73. The van der Waals surface area contributed by atoms with Gasteiger partial charge in [-0.3, -0.25) is 4.79 Å². The Bertz CT molecular complexity index is 364. The minimum absolute atomic E-state index is 0.232. The summed E-state index contributed by atoms with van der Waals surface area (Å²) in [6.45, 7) is 1.37. The summed E-state index contributed by atoms with van der Waals surface area (Å²) in [6.07, 6.45) is 10.7. The number of carbonyl (C=O) groups is 1. The van der Waals surface area contributed by atoms with Crippen LogP contribution in [0.15, 0.2) is 0 Å². The topological polar surface area (TPSA) is 58.4 Å². The first-order chi connectivity index (χ1) is 10.1. The normalized spacial score (nSPS) is 35.6. The molecule has 2 heterocycles. The largest absolute Gasteiger partial charge is 0.355 e. The monoisotopic (exact) mass is 293 g/mol. The lowest BCUT2D eigenvalue weighted by Crippen LogP contribution is -2.49. The fraction of sp³-hybridized carbons (Fsp3) is 0.941. The highest BCUT2D eigenvalue weighted by Gasteiger charge is 2.40. The molecule has 3 N–H and O–H groups in total. The Balaban J connectivity index is 1.52. The molecule has 3 rings (SSSR count). The Morgan fingerprint density at radius 1 is 1.19 bits per heavy atom. The molecular weight excluding hydrogens is 262 g/mol. The number of nitrogens with two attached hydrogens (primary N) is 1. The number of rotatable bonds is 4. The molecule has 2 saturated heterocycles. The quantitative estimate of drug-likeness (QED) is 0.832. The summed E-state index contributed by atoms with van der Waals surface area (Å²) in [5, 5.41) is 3.26. The summed E-state index contributed by atoms with van der Waals surface area (Å²) in [7, 11) is 2.27. The van der Waals surface area contributed by atoms with Crippen molar-refractivity contribution in [3.8, 4) is 0 Å². The summed E-state index contributed by atoms with van der Waals surface area (Å²) in [4.78, 5) is 15.2. The molecule has 0 radical (unpaired) electrons. The molecule has 4 nitrogen and oxygen atoms in total. The van der Waals surface area contributed by atoms with Crippen molar-refractivity contribution in [2.45, 2.75) is 69.9 Å². The van der Waals surface area contributed by atoms with E-state index in [0.29, 0.717) is 12.5 Å². The molecule has 120 valence electrons. The minimum atomic E-state index is -0.261. The van der Waals surface area contributed by atoms with Crippen LogP contribution in [0.3, 0.4) is 0 Å². The first kappa shape index (κ1) is 15.3. The van der Waals surface area contributed by atoms with Crippen LogP contribution >= 0.6 is 0 Å². The number of hydrogen-bond acceptors (Lipinski definition) is 3. The van der Waals surface area contributed by atoms with E-state index in [1.807, 2.05) is 0 Å². The highest BCUT2D eigenvalue weighted by atomic mass is 16.2. The molecule has 0 aromatic carbocycles. The number of hydrogen-bond donors (Lipinski definition) is 2. The van der Waals surface area contributed by atoms with Gasteiger partial charge in [0.2, 0.25) is 5.91 Å². The smallest absolute Gasteiger partial charge is 0.227 e. The second-order valence-electron chi connectivity index (χ2n) is 7.64. The van der Waals surface area contributed by atoms with Crippen LogP contribution < -0.4 is 11.1 Å². The molecule has 21 heavy (non-hydrogen) atoms. The summed E-state index contributed by atoms with van der Waals surface area (Å²) in [5.74, 6) is 0.900. The lowest BCUT2D eigenvalue weighted by molar-refractivity contribution is -0.132. The molecule has 2 aliphatic heterocycles. The third kappa shape index (κ3) is 2.98. The number of nitrogens with zero attached hydrogens (tertiary/aromatic N) is 1. The second kappa shape index (κ2) is 6.25. The standard InChI is InChI=1S/C17H31N3O/c1-20-14-5-6-15(20)10-13(9-14)11-19-16(21)17(12-18)7-3-2-4-8-17/h13-15H,2-12,18H2,1H3,(H,19,21). The molecule has 2 bridgehead atoms. The predicted molar refractivity (Wildman–Crippen MR) is 84.9 cm³/mol. The van der Waals surface area contributed by atoms with Crippen LogP contribution in [0.25, 0.3) is 0 Å². The third-order valence-corrected chi connectivity index (χ3v) is 6.43. The Labute approximate surface area is 128 Å². The zero-order valence-corrected chi connectivity index (χ0v) is 13.4. The van der Waals surface area contributed by atoms with E-state index in [0.717, 1.165) is 44.3 Å². The van der Waals surface area contributed by atoms with Gasteiger partial charge in [0.25, 0.3) is 0 Å². The van der Waals surface area contributed by atoms with Crippen LogP contribution in [-0.2, 0) is 4.79 Å². The predicted octanol–water partition coefficient (Wildman–Crippen LogP) is 1.88. The molecule has 1 amide bonds. The van der Waals surface area contributed by atoms with Crippen molar-refractivity contribution in [2.75, 3.05) is 20.1 Å². The fourth-order valence-electron chi connectivity index (χ4n) is 4.87. The minimum Gasteiger partial charge on any atom is -0.355 e. The Hall–Kier alpha value is -0.610. The molecule has 0 aromatic rings. The zero-order valence-electron chi connectivity index (χ0n) is 13.4. The van der Waals surface area contributed by atoms with Gasteiger partial charge in [-0.15, -0.1) is 0 Å². The van der Waals surface area contributed by atoms with E-state index in [9.17, 15) is 4.79 Å². The number of nitrogens with one attached hydrogen (secondary N) is 1. The molecule has 2 unspecified atom stereocenters. The van der Waals surface area contributed by atoms with Gasteiger partial charge in [0.1, 0.15) is 0 Å². The molecular formula is C17H31N3O. The van der Waals surface area contributed by atoms with E-state index in [4.69, 9.17) is 5.73 Å². The summed E-state index contributed by atoms with van der Waals surface area (Å²) < 4.78 is 0. The van der Waals surface area contributed by atoms with E-state index in [-0.39, 0.29) is 11.3 Å². The van der Waals surface area contributed by atoms with E-state index < -0.39 is 0 Å². The Morgan fingerprint density at radius 3 is 2.38 bits per heavy atom. The average Bonchev–Trinajstić information content (AvgIpc) is 2.75. The fourth-order valence-corrected chi connectivity index (χ4v) is 4.87. The summed E-state index contributed by atoms with van der Waals surface area (Å²) in [6, 6.07) is 1.51. The van der Waals surface area contributed by atoms with E-state index >= 15 is 0 Å². The molecule has 3 fully saturated rings. The summed E-state index contributed by atoms with van der Waals surface area (Å²) in [5.41, 5.74) is 5.69. The molecule has 3 aliphatic rings. The van der Waals surface area contributed by atoms with Gasteiger partial charge in [-0.1, -0.05) is 19.3 Å². The maximum atomic E-state index is 12.6. The zero-order chi connectivity index (χ0) is 14.9. The third-order valence-electron chi connectivity index (χ3n) is 6.43. The highest BCUT2D eigenvalue weighted by Crippen LogP contribution is 2.38. The molecule has 0 spiro atoms. The van der Waals surface area contributed by atoms with Crippen LogP contribution in [0.2, 0.25) is 0 Å².